The molecule has 0 saturated carbocycles. The molecular formula is C5H17NO. The smallest absolute Gasteiger partial charge is 0.0351 e. The Kier molecular flexibility index (Phi) is 87.6. The van der Waals surface area contributed by atoms with E-state index in [0.29, 0.717) is 0 Å². The molecule has 0 radical (unpaired) electrons. The molecule has 0 bridgehead atoms. The molecule has 0 aromatic rings. The van der Waals surface area contributed by atoms with Crippen molar-refractivity contribution in [3.8, 4) is 0 Å². The molecule has 0 fully saturated rings. The van der Waals surface area contributed by atoms with E-state index in [1.165, 1.54) is 0 Å². The maximum Gasteiger partial charge on any atom is 0.0351 e. The Morgan fingerprint density at radius 3 is 1.14 bits per heavy atom. The molecule has 1 N–H and O–H groups in total. The molecule has 0 spiro atoms. The van der Waals surface area contributed by atoms with Gasteiger partial charge in [-0.15, -0.1) is 0 Å². The fraction of sp³-hybridized carbons (Fsp3) is 1.00. The molecule has 0 aliphatic rings. The molecule has 0 aromatic heterocycles. The maximum atomic E-state index is 4.25. The van der Waals surface area contributed by atoms with Gasteiger partial charge in [-0.3, -0.25) is 0 Å². The van der Waals surface area contributed by atoms with E-state index in [9.17, 15) is 0 Å². The number of hydrogen-bond donors (Lipinski definition) is 1. The van der Waals surface area contributed by atoms with Crippen LogP contribution in [-0.2, 0) is 4.74 Å². The first-order valence-electron chi connectivity index (χ1n) is 1.82. The molecule has 0 unspecified atom stereocenters. The monoisotopic (exact) mass is 107 g/mol. The van der Waals surface area contributed by atoms with Crippen molar-refractivity contribution in [2.45, 2.75) is 7.43 Å². The van der Waals surface area contributed by atoms with Gasteiger partial charge in [-0.25, -0.2) is 0 Å². The number of hydrogen-bond acceptors (Lipinski definition) is 2. The zero-order chi connectivity index (χ0) is 5.41. The largest absolute Gasteiger partial charge is 0.388 e. The van der Waals surface area contributed by atoms with Gasteiger partial charge in [-0.05, 0) is 14.1 Å². The second-order valence-corrected chi connectivity index (χ2v) is 0.908. The van der Waals surface area contributed by atoms with Gasteiger partial charge in [-0.1, -0.05) is 7.43 Å². The van der Waals surface area contributed by atoms with Crippen molar-refractivity contribution in [3.63, 3.8) is 0 Å². The first kappa shape index (κ1) is 15.8. The van der Waals surface area contributed by atoms with E-state index < -0.39 is 0 Å². The summed E-state index contributed by atoms with van der Waals surface area (Å²) in [6, 6.07) is 0. The van der Waals surface area contributed by atoms with Gasteiger partial charge in [0.05, 0.1) is 0 Å². The normalized spacial score (nSPS) is 5.14. The van der Waals surface area contributed by atoms with Crippen LogP contribution >= 0.6 is 0 Å². The molecule has 0 aromatic carbocycles. The lowest BCUT2D eigenvalue weighted by molar-refractivity contribution is 0.277. The van der Waals surface area contributed by atoms with Crippen LogP contribution in [0.2, 0.25) is 0 Å². The van der Waals surface area contributed by atoms with Crippen LogP contribution in [0, 0.1) is 0 Å². The first-order valence-corrected chi connectivity index (χ1v) is 1.82. The van der Waals surface area contributed by atoms with Gasteiger partial charge in [0, 0.05) is 14.2 Å². The van der Waals surface area contributed by atoms with Gasteiger partial charge in [0.2, 0.25) is 0 Å². The molecule has 0 saturated heterocycles. The third kappa shape index (κ3) is 14200. The Labute approximate surface area is 46.9 Å². The highest BCUT2D eigenvalue weighted by Gasteiger charge is 1.26. The summed E-state index contributed by atoms with van der Waals surface area (Å²) in [5, 5.41) is 2.75. The van der Waals surface area contributed by atoms with Crippen molar-refractivity contribution in [2.75, 3.05) is 28.3 Å². The van der Waals surface area contributed by atoms with Gasteiger partial charge >= 0.3 is 0 Å². The van der Waals surface area contributed by atoms with E-state index in [1.807, 2.05) is 14.1 Å². The summed E-state index contributed by atoms with van der Waals surface area (Å²) in [5.74, 6) is 0. The Bertz CT molecular complexity index is 10.0. The van der Waals surface area contributed by atoms with Crippen molar-refractivity contribution in [3.05, 3.63) is 0 Å². The topological polar surface area (TPSA) is 21.3 Å². The first-order chi connectivity index (χ1) is 2.83. The van der Waals surface area contributed by atoms with Gasteiger partial charge < -0.3 is 10.1 Å². The summed E-state index contributed by atoms with van der Waals surface area (Å²) in [6.45, 7) is 0. The molecule has 0 aliphatic carbocycles. The van der Waals surface area contributed by atoms with Crippen molar-refractivity contribution >= 4 is 0 Å². The van der Waals surface area contributed by atoms with Crippen molar-refractivity contribution in [1.29, 1.82) is 0 Å². The van der Waals surface area contributed by atoms with Gasteiger partial charge in [0.15, 0.2) is 0 Å². The molecule has 0 amide bonds. The van der Waals surface area contributed by atoms with Gasteiger partial charge in [-0.2, -0.15) is 0 Å². The molecule has 0 heterocycles. The minimum absolute atomic E-state index is 0. The Hall–Kier alpha value is -0.0800. The summed E-state index contributed by atoms with van der Waals surface area (Å²) in [6.07, 6.45) is 0. The number of ether oxygens (including phenoxy) is 1. The summed E-state index contributed by atoms with van der Waals surface area (Å²) < 4.78 is 4.25. The SMILES string of the molecule is C.CNC.COC. The molecule has 48 valence electrons. The fourth-order valence-corrected chi connectivity index (χ4v) is 0. The second-order valence-electron chi connectivity index (χ2n) is 0.908. The number of methoxy groups -OCH3 is 1. The number of rotatable bonds is 0. The standard InChI is InChI=1S/C2H7N.C2H6O.CH4/c2*1-3-2;/h3H,1-2H3;1-2H3;1H4. The number of nitrogens with one attached hydrogen (secondary N) is 1. The average molecular weight is 107 g/mol. The van der Waals surface area contributed by atoms with E-state index in [2.05, 4.69) is 10.1 Å². The highest BCUT2D eigenvalue weighted by molar-refractivity contribution is 3.91. The molecule has 0 aliphatic heterocycles. The van der Waals surface area contributed by atoms with Crippen LogP contribution in [-0.4, -0.2) is 28.3 Å². The highest BCUT2D eigenvalue weighted by atomic mass is 16.4. The molecule has 7 heavy (non-hydrogen) atoms. The lowest BCUT2D eigenvalue weighted by Gasteiger charge is -1.61. The van der Waals surface area contributed by atoms with E-state index in [0.717, 1.165) is 0 Å². The van der Waals surface area contributed by atoms with E-state index >= 15 is 0 Å². The Balaban J connectivity index is -0.0000000400. The van der Waals surface area contributed by atoms with E-state index in [-0.39, 0.29) is 7.43 Å². The second kappa shape index (κ2) is 38.9. The Morgan fingerprint density at radius 1 is 1.14 bits per heavy atom. The van der Waals surface area contributed by atoms with Crippen LogP contribution in [0.1, 0.15) is 7.43 Å². The van der Waals surface area contributed by atoms with E-state index in [1.54, 1.807) is 14.2 Å². The van der Waals surface area contributed by atoms with Crippen LogP contribution in [0.15, 0.2) is 0 Å². The summed E-state index contributed by atoms with van der Waals surface area (Å²) in [7, 11) is 7.00. The Morgan fingerprint density at radius 2 is 1.14 bits per heavy atom. The molecular weight excluding hydrogens is 90.1 g/mol. The van der Waals surface area contributed by atoms with Crippen molar-refractivity contribution in [2.24, 2.45) is 0 Å². The molecule has 2 nitrogen and oxygen atoms in total. The quantitative estimate of drug-likeness (QED) is 0.493. The van der Waals surface area contributed by atoms with E-state index in [4.69, 9.17) is 0 Å². The molecule has 0 rings (SSSR count). The predicted octanol–water partition coefficient (Wildman–Crippen LogP) is 0.734. The van der Waals surface area contributed by atoms with Crippen LogP contribution in [0.3, 0.4) is 0 Å². The summed E-state index contributed by atoms with van der Waals surface area (Å²) >= 11 is 0. The average Bonchev–Trinajstić information content (AvgIpc) is 1.39. The lowest BCUT2D eigenvalue weighted by Crippen LogP contribution is -1.89. The zero-order valence-electron chi connectivity index (χ0n) is 4.91. The lowest BCUT2D eigenvalue weighted by atomic mass is 11.3. The van der Waals surface area contributed by atoms with Crippen LogP contribution in [0.25, 0.3) is 0 Å². The minimum Gasteiger partial charge on any atom is -0.388 e. The van der Waals surface area contributed by atoms with Crippen molar-refractivity contribution < 1.29 is 4.74 Å². The van der Waals surface area contributed by atoms with Crippen LogP contribution in [0.5, 0.6) is 0 Å². The third-order valence-electron chi connectivity index (χ3n) is 0. The zero-order valence-corrected chi connectivity index (χ0v) is 4.91. The van der Waals surface area contributed by atoms with Gasteiger partial charge in [0.25, 0.3) is 0 Å². The third-order valence-corrected chi connectivity index (χ3v) is 0. The fourth-order valence-electron chi connectivity index (χ4n) is 0. The summed E-state index contributed by atoms with van der Waals surface area (Å²) in [5.41, 5.74) is 0. The highest BCUT2D eigenvalue weighted by Crippen LogP contribution is 1.28. The van der Waals surface area contributed by atoms with Crippen LogP contribution < -0.4 is 5.32 Å². The summed E-state index contributed by atoms with van der Waals surface area (Å²) in [4.78, 5) is 0. The minimum atomic E-state index is 0. The van der Waals surface area contributed by atoms with Crippen LogP contribution in [0.4, 0.5) is 0 Å². The van der Waals surface area contributed by atoms with Gasteiger partial charge in [0.1, 0.15) is 0 Å². The molecule has 0 atom stereocenters. The maximum absolute atomic E-state index is 4.25. The molecule has 2 heteroatoms. The predicted molar refractivity (Wildman–Crippen MR) is 34.6 cm³/mol. The van der Waals surface area contributed by atoms with Crippen molar-refractivity contribution in [1.82, 2.24) is 5.32 Å².